The van der Waals surface area contributed by atoms with Crippen LogP contribution in [0, 0.1) is 0 Å². The van der Waals surface area contributed by atoms with Crippen LogP contribution >= 0.6 is 0 Å². The zero-order valence-corrected chi connectivity index (χ0v) is 13.6. The average Bonchev–Trinajstić information content (AvgIpc) is 2.16. The Morgan fingerprint density at radius 2 is 0.625 bits per heavy atom. The molecule has 7 heteroatoms. The summed E-state index contributed by atoms with van der Waals surface area (Å²) < 4.78 is 17.2. The first-order valence-electron chi connectivity index (χ1n) is 6.09. The average molecular weight is 521 g/mol. The molecule has 0 unspecified atom stereocenters. The number of ether oxygens (including phenoxy) is 2. The molecule has 0 aliphatic heterocycles. The largest absolute Gasteiger partial charge is 0.453 e. The summed E-state index contributed by atoms with van der Waals surface area (Å²) in [6, 6.07) is 0. The van der Waals surface area contributed by atoms with Crippen molar-refractivity contribution in [2.75, 3.05) is 38.8 Å². The van der Waals surface area contributed by atoms with Crippen molar-refractivity contribution in [3.8, 4) is 0 Å². The number of nitrogens with two attached hydrogens (primary N) is 2. The summed E-state index contributed by atoms with van der Waals surface area (Å²) in [6.45, 7) is 11.0. The van der Waals surface area contributed by atoms with Gasteiger partial charge in [0.05, 0.1) is 25.7 Å². The molecular formula is C25H88N2O3Si2. The topological polar surface area (TPSA) is 79.7 Å². The molecule has 0 atom stereocenters. The Labute approximate surface area is 218 Å². The quantitative estimate of drug-likeness (QED) is 0.221. The molecule has 0 aliphatic carbocycles. The van der Waals surface area contributed by atoms with Gasteiger partial charge in [0.2, 0.25) is 0 Å². The van der Waals surface area contributed by atoms with Crippen molar-refractivity contribution in [2.45, 2.75) is 138 Å². The summed E-state index contributed by atoms with van der Waals surface area (Å²) in [4.78, 5) is 0. The maximum atomic E-state index is 6.26. The van der Waals surface area contributed by atoms with Crippen LogP contribution in [0.25, 0.3) is 0 Å². The predicted molar refractivity (Wildman–Crippen MR) is 177 cm³/mol. The first kappa shape index (κ1) is 119. The van der Waals surface area contributed by atoms with Gasteiger partial charge in [-0.05, 0) is 26.2 Å². The van der Waals surface area contributed by atoms with Gasteiger partial charge in [-0.2, -0.15) is 0 Å². The molecule has 0 saturated heterocycles. The molecule has 0 heterocycles. The molecular weight excluding hydrogens is 432 g/mol. The summed E-state index contributed by atoms with van der Waals surface area (Å²) in [6.07, 6.45) is 1.38. The van der Waals surface area contributed by atoms with Gasteiger partial charge in [-0.15, -0.1) is 0 Å². The molecule has 0 radical (unpaired) electrons. The van der Waals surface area contributed by atoms with E-state index in [-0.39, 0.29) is 111 Å². The summed E-state index contributed by atoms with van der Waals surface area (Å²) >= 11 is 0. The van der Waals surface area contributed by atoms with E-state index in [4.69, 9.17) is 25.1 Å². The van der Waals surface area contributed by atoms with Crippen LogP contribution in [0.2, 0.25) is 26.2 Å². The Bertz CT molecular complexity index is 192. The molecule has 0 aliphatic rings. The van der Waals surface area contributed by atoms with Crippen molar-refractivity contribution in [1.29, 1.82) is 0 Å². The minimum absolute atomic E-state index is 0. The van der Waals surface area contributed by atoms with Crippen LogP contribution in [0.1, 0.15) is 111 Å². The molecule has 0 saturated carbocycles. The van der Waals surface area contributed by atoms with Crippen molar-refractivity contribution in [2.24, 2.45) is 11.5 Å². The lowest BCUT2D eigenvalue weighted by Gasteiger charge is -2.33. The van der Waals surface area contributed by atoms with Gasteiger partial charge in [0.15, 0.2) is 16.6 Å². The number of hydrogen-bond acceptors (Lipinski definition) is 5. The second kappa shape index (κ2) is 63.3. The minimum atomic E-state index is -1.76. The smallest absolute Gasteiger partial charge is 0.199 e. The van der Waals surface area contributed by atoms with Crippen LogP contribution in [-0.4, -0.2) is 55.4 Å². The molecule has 0 aromatic carbocycles. The lowest BCUT2D eigenvalue weighted by Crippen LogP contribution is -2.50. The summed E-state index contributed by atoms with van der Waals surface area (Å²) in [5.74, 6) is 0. The third-order valence-corrected chi connectivity index (χ3v) is 8.20. The lowest BCUT2D eigenvalue weighted by molar-refractivity contribution is 0.162. The Balaban J connectivity index is -0.0000000122. The molecule has 0 fully saturated rings. The highest BCUT2D eigenvalue weighted by molar-refractivity contribution is 6.84. The van der Waals surface area contributed by atoms with Gasteiger partial charge in [-0.25, -0.2) is 0 Å². The van der Waals surface area contributed by atoms with Gasteiger partial charge < -0.3 is 25.1 Å². The van der Waals surface area contributed by atoms with E-state index in [1.165, 1.54) is 0 Å². The molecule has 0 aromatic rings. The van der Waals surface area contributed by atoms with Crippen LogP contribution in [0.4, 0.5) is 0 Å². The highest BCUT2D eigenvalue weighted by atomic mass is 28.4. The van der Waals surface area contributed by atoms with Crippen molar-refractivity contribution < 1.29 is 13.6 Å². The first-order chi connectivity index (χ1) is 7.83. The summed E-state index contributed by atoms with van der Waals surface area (Å²) in [5, 5.41) is 0. The summed E-state index contributed by atoms with van der Waals surface area (Å²) in [7, 11) is -3.53. The summed E-state index contributed by atoms with van der Waals surface area (Å²) in [5.41, 5.74) is 10.8. The monoisotopic (exact) mass is 521 g/mol. The predicted octanol–water partition coefficient (Wildman–Crippen LogP) is 9.98. The third kappa shape index (κ3) is 77.7. The van der Waals surface area contributed by atoms with E-state index in [9.17, 15) is 0 Å². The first-order valence-corrected chi connectivity index (χ1v) is 12.3. The molecule has 0 rings (SSSR count). The van der Waals surface area contributed by atoms with Gasteiger partial charge in [-0.1, -0.05) is 111 Å². The normalized spacial score (nSPS) is 6.94. The SMILES string of the molecule is C.C.C.C.C.C.C.C.C.C.C.C.C.C.C.C[Si](C)(COCCN)O[Si](C)(C)COCCN. The number of rotatable bonds is 10. The second-order valence-electron chi connectivity index (χ2n) is 5.30. The third-order valence-electron chi connectivity index (χ3n) is 1.98. The van der Waals surface area contributed by atoms with Crippen molar-refractivity contribution >= 4 is 16.6 Å². The van der Waals surface area contributed by atoms with Crippen molar-refractivity contribution in [1.82, 2.24) is 0 Å². The Morgan fingerprint density at radius 1 is 0.438 bits per heavy atom. The van der Waals surface area contributed by atoms with E-state index < -0.39 is 16.6 Å². The molecule has 0 bridgehead atoms. The molecule has 224 valence electrons. The van der Waals surface area contributed by atoms with Crippen molar-refractivity contribution in [3.63, 3.8) is 0 Å². The fourth-order valence-electron chi connectivity index (χ4n) is 1.61. The van der Waals surface area contributed by atoms with E-state index in [2.05, 4.69) is 26.2 Å². The molecule has 0 spiro atoms. The van der Waals surface area contributed by atoms with Gasteiger partial charge >= 0.3 is 0 Å². The van der Waals surface area contributed by atoms with E-state index in [0.717, 1.165) is 0 Å². The fraction of sp³-hybridized carbons (Fsp3) is 1.00. The Morgan fingerprint density at radius 3 is 0.781 bits per heavy atom. The van der Waals surface area contributed by atoms with Gasteiger partial charge in [0, 0.05) is 13.1 Å². The number of hydrogen-bond donors (Lipinski definition) is 2. The molecule has 0 amide bonds. The van der Waals surface area contributed by atoms with Crippen LogP contribution in [0.5, 0.6) is 0 Å². The minimum Gasteiger partial charge on any atom is -0.453 e. The molecule has 4 N–H and O–H groups in total. The van der Waals surface area contributed by atoms with Crippen LogP contribution < -0.4 is 11.5 Å². The van der Waals surface area contributed by atoms with Gasteiger partial charge in [-0.3, -0.25) is 0 Å². The second-order valence-corrected chi connectivity index (χ2v) is 13.7. The fourth-order valence-corrected chi connectivity index (χ4v) is 9.34. The Kier molecular flexibility index (Phi) is 236. The van der Waals surface area contributed by atoms with Crippen LogP contribution in [0.3, 0.4) is 0 Å². The van der Waals surface area contributed by atoms with E-state index in [1.807, 2.05) is 0 Å². The molecule has 32 heavy (non-hydrogen) atoms. The zero-order valence-electron chi connectivity index (χ0n) is 11.6. The zero-order chi connectivity index (χ0) is 13.4. The maximum Gasteiger partial charge on any atom is 0.199 e. The van der Waals surface area contributed by atoms with E-state index >= 15 is 0 Å². The maximum absolute atomic E-state index is 6.26. The van der Waals surface area contributed by atoms with Gasteiger partial charge in [0.25, 0.3) is 0 Å². The highest BCUT2D eigenvalue weighted by Crippen LogP contribution is 2.15. The standard InChI is InChI=1S/C10H28N2O3Si2.15CH4/c1-16(2,9-13-7-5-11)15-17(3,4)10-14-8-6-12;;;;;;;;;;;;;;;/h5-12H2,1-4H3;15*1H4. The molecule has 0 aromatic heterocycles. The van der Waals surface area contributed by atoms with Gasteiger partial charge in [0.1, 0.15) is 0 Å². The van der Waals surface area contributed by atoms with Crippen LogP contribution in [-0.2, 0) is 13.6 Å². The highest BCUT2D eigenvalue weighted by Gasteiger charge is 2.33. The van der Waals surface area contributed by atoms with E-state index in [1.54, 1.807) is 0 Å². The lowest BCUT2D eigenvalue weighted by atomic mass is 10.7. The molecule has 5 nitrogen and oxygen atoms in total. The Hall–Kier alpha value is 0.234. The van der Waals surface area contributed by atoms with E-state index in [0.29, 0.717) is 38.8 Å². The van der Waals surface area contributed by atoms with Crippen LogP contribution in [0.15, 0.2) is 0 Å². The van der Waals surface area contributed by atoms with Crippen molar-refractivity contribution in [3.05, 3.63) is 0 Å².